The van der Waals surface area contributed by atoms with Gasteiger partial charge in [0.15, 0.2) is 5.16 Å². The van der Waals surface area contributed by atoms with E-state index in [1.54, 1.807) is 46.2 Å². The highest BCUT2D eigenvalue weighted by Crippen LogP contribution is 2.35. The Labute approximate surface area is 181 Å². The van der Waals surface area contributed by atoms with Crippen LogP contribution in [0.2, 0.25) is 5.02 Å². The molecule has 5 nitrogen and oxygen atoms in total. The minimum atomic E-state index is -0.127. The van der Waals surface area contributed by atoms with Gasteiger partial charge in [0.2, 0.25) is 5.91 Å². The number of hydrogen-bond donors (Lipinski definition) is 1. The molecule has 0 aliphatic heterocycles. The first-order valence-corrected chi connectivity index (χ1v) is 11.6. The Hall–Kier alpha value is -2.09. The number of aryl methyl sites for hydroxylation is 2. The molecule has 0 atom stereocenters. The zero-order chi connectivity index (χ0) is 20.4. The molecule has 1 amide bonds. The van der Waals surface area contributed by atoms with Gasteiger partial charge in [0.05, 0.1) is 16.8 Å². The van der Waals surface area contributed by atoms with E-state index < -0.39 is 0 Å². The molecule has 0 bridgehead atoms. The van der Waals surface area contributed by atoms with Gasteiger partial charge in [-0.3, -0.25) is 14.2 Å². The standard InChI is InChI=1S/C21H20ClN3O2S2/c1-2-11-23-17(26)12-28-21-24-19-18(15-5-3-4-6-16(15)29-19)20(27)25(21)14-9-7-13(22)8-10-14/h2,7-10H,1,3-6,11-12H2,(H,23,26). The summed E-state index contributed by atoms with van der Waals surface area (Å²) < 4.78 is 1.60. The van der Waals surface area contributed by atoms with Crippen molar-refractivity contribution in [3.05, 3.63) is 62.7 Å². The van der Waals surface area contributed by atoms with Gasteiger partial charge < -0.3 is 5.32 Å². The number of nitrogens with zero attached hydrogens (tertiary/aromatic N) is 2. The van der Waals surface area contributed by atoms with Crippen LogP contribution in [0.25, 0.3) is 15.9 Å². The molecule has 8 heteroatoms. The predicted octanol–water partition coefficient (Wildman–Crippen LogP) is 4.37. The highest BCUT2D eigenvalue weighted by molar-refractivity contribution is 7.99. The molecule has 1 aromatic carbocycles. The number of rotatable bonds is 6. The van der Waals surface area contributed by atoms with Crippen molar-refractivity contribution in [2.24, 2.45) is 0 Å². The van der Waals surface area contributed by atoms with Gasteiger partial charge in [-0.1, -0.05) is 29.4 Å². The summed E-state index contributed by atoms with van der Waals surface area (Å²) in [5, 5.41) is 4.59. The first kappa shape index (κ1) is 20.2. The molecule has 3 aromatic rings. The zero-order valence-electron chi connectivity index (χ0n) is 15.7. The van der Waals surface area contributed by atoms with Gasteiger partial charge >= 0.3 is 0 Å². The summed E-state index contributed by atoms with van der Waals surface area (Å²) in [5.41, 5.74) is 1.76. The summed E-state index contributed by atoms with van der Waals surface area (Å²) in [7, 11) is 0. The lowest BCUT2D eigenvalue weighted by Crippen LogP contribution is -2.26. The van der Waals surface area contributed by atoms with Crippen LogP contribution in [-0.2, 0) is 17.6 Å². The van der Waals surface area contributed by atoms with Crippen molar-refractivity contribution >= 4 is 50.8 Å². The Balaban J connectivity index is 1.82. The summed E-state index contributed by atoms with van der Waals surface area (Å²) in [4.78, 5) is 32.5. The summed E-state index contributed by atoms with van der Waals surface area (Å²) in [6.45, 7) is 4.01. The molecule has 150 valence electrons. The predicted molar refractivity (Wildman–Crippen MR) is 121 cm³/mol. The first-order valence-electron chi connectivity index (χ1n) is 9.42. The van der Waals surface area contributed by atoms with Crippen LogP contribution in [-0.4, -0.2) is 27.8 Å². The van der Waals surface area contributed by atoms with Gasteiger partial charge in [-0.05, 0) is 55.5 Å². The summed E-state index contributed by atoms with van der Waals surface area (Å²) in [6.07, 6.45) is 5.80. The van der Waals surface area contributed by atoms with E-state index in [9.17, 15) is 9.59 Å². The van der Waals surface area contributed by atoms with E-state index in [-0.39, 0.29) is 17.2 Å². The number of thiophene rings is 1. The average Bonchev–Trinajstić information content (AvgIpc) is 3.10. The number of carbonyl (C=O) groups is 1. The zero-order valence-corrected chi connectivity index (χ0v) is 18.1. The molecular formula is C21H20ClN3O2S2. The third kappa shape index (κ3) is 4.13. The average molecular weight is 446 g/mol. The molecule has 0 fully saturated rings. The van der Waals surface area contributed by atoms with Crippen LogP contribution < -0.4 is 10.9 Å². The van der Waals surface area contributed by atoms with Gasteiger partial charge in [0, 0.05) is 16.4 Å². The molecule has 0 radical (unpaired) electrons. The van der Waals surface area contributed by atoms with Crippen LogP contribution in [0.15, 0.2) is 46.9 Å². The highest BCUT2D eigenvalue weighted by atomic mass is 35.5. The number of fused-ring (bicyclic) bond motifs is 3. The number of halogens is 1. The van der Waals surface area contributed by atoms with E-state index in [1.807, 2.05) is 0 Å². The van der Waals surface area contributed by atoms with Crippen molar-refractivity contribution in [3.63, 3.8) is 0 Å². The van der Waals surface area contributed by atoms with E-state index in [0.717, 1.165) is 41.5 Å². The number of thioether (sulfide) groups is 1. The molecular weight excluding hydrogens is 426 g/mol. The monoisotopic (exact) mass is 445 g/mol. The number of aromatic nitrogens is 2. The SMILES string of the molecule is C=CCNC(=O)CSc1nc2sc3c(c2c(=O)n1-c1ccc(Cl)cc1)CCCC3. The Morgan fingerprint density at radius 1 is 1.31 bits per heavy atom. The number of hydrogen-bond acceptors (Lipinski definition) is 5. The number of amides is 1. The second-order valence-corrected chi connectivity index (χ2v) is 9.25. The fraction of sp³-hybridized carbons (Fsp3) is 0.286. The Bertz CT molecular complexity index is 1140. The van der Waals surface area contributed by atoms with Gasteiger partial charge in [-0.25, -0.2) is 4.98 Å². The Morgan fingerprint density at radius 3 is 2.83 bits per heavy atom. The van der Waals surface area contributed by atoms with Crippen molar-refractivity contribution in [2.45, 2.75) is 30.8 Å². The van der Waals surface area contributed by atoms with E-state index in [1.165, 1.54) is 16.6 Å². The van der Waals surface area contributed by atoms with Gasteiger partial charge in [-0.2, -0.15) is 0 Å². The lowest BCUT2D eigenvalue weighted by molar-refractivity contribution is -0.118. The number of benzene rings is 1. The van der Waals surface area contributed by atoms with Crippen molar-refractivity contribution in [2.75, 3.05) is 12.3 Å². The van der Waals surface area contributed by atoms with Crippen LogP contribution in [0.5, 0.6) is 0 Å². The van der Waals surface area contributed by atoms with Crippen molar-refractivity contribution in [1.29, 1.82) is 0 Å². The molecule has 0 unspecified atom stereocenters. The minimum Gasteiger partial charge on any atom is -0.352 e. The fourth-order valence-corrected chi connectivity index (χ4v) is 5.74. The first-order chi connectivity index (χ1) is 14.1. The maximum atomic E-state index is 13.6. The van der Waals surface area contributed by atoms with Crippen LogP contribution in [0.4, 0.5) is 0 Å². The summed E-state index contributed by atoms with van der Waals surface area (Å²) in [6, 6.07) is 7.11. The highest BCUT2D eigenvalue weighted by Gasteiger charge is 2.23. The smallest absolute Gasteiger partial charge is 0.267 e. The minimum absolute atomic E-state index is 0.0780. The third-order valence-electron chi connectivity index (χ3n) is 4.82. The molecule has 1 N–H and O–H groups in total. The maximum Gasteiger partial charge on any atom is 0.267 e. The Morgan fingerprint density at radius 2 is 2.07 bits per heavy atom. The van der Waals surface area contributed by atoms with E-state index >= 15 is 0 Å². The normalized spacial score (nSPS) is 13.3. The molecule has 0 saturated carbocycles. The van der Waals surface area contributed by atoms with Crippen LogP contribution in [0.3, 0.4) is 0 Å². The van der Waals surface area contributed by atoms with E-state index in [0.29, 0.717) is 22.4 Å². The van der Waals surface area contributed by atoms with E-state index in [2.05, 4.69) is 11.9 Å². The van der Waals surface area contributed by atoms with Crippen molar-refractivity contribution < 1.29 is 4.79 Å². The van der Waals surface area contributed by atoms with Crippen molar-refractivity contribution in [3.8, 4) is 5.69 Å². The lowest BCUT2D eigenvalue weighted by atomic mass is 9.97. The maximum absolute atomic E-state index is 13.6. The van der Waals surface area contributed by atoms with Gasteiger partial charge in [0.1, 0.15) is 4.83 Å². The molecule has 1 aliphatic rings. The molecule has 1 aliphatic carbocycles. The second-order valence-electron chi connectivity index (χ2n) is 6.78. The van der Waals surface area contributed by atoms with Gasteiger partial charge in [-0.15, -0.1) is 17.9 Å². The molecule has 2 aromatic heterocycles. The fourth-order valence-electron chi connectivity index (χ4n) is 3.47. The Kier molecular flexibility index (Phi) is 6.08. The van der Waals surface area contributed by atoms with Crippen LogP contribution in [0.1, 0.15) is 23.3 Å². The van der Waals surface area contributed by atoms with Gasteiger partial charge in [0.25, 0.3) is 5.56 Å². The number of carbonyl (C=O) groups excluding carboxylic acids is 1. The molecule has 29 heavy (non-hydrogen) atoms. The topological polar surface area (TPSA) is 64.0 Å². The van der Waals surface area contributed by atoms with Crippen molar-refractivity contribution in [1.82, 2.24) is 14.9 Å². The molecule has 0 spiro atoms. The van der Waals surface area contributed by atoms with E-state index in [4.69, 9.17) is 16.6 Å². The summed E-state index contributed by atoms with van der Waals surface area (Å²) >= 11 is 8.90. The van der Waals surface area contributed by atoms with Crippen LogP contribution >= 0.6 is 34.7 Å². The molecule has 0 saturated heterocycles. The van der Waals surface area contributed by atoms with Crippen LogP contribution in [0, 0.1) is 0 Å². The third-order valence-corrected chi connectivity index (χ3v) is 7.20. The lowest BCUT2D eigenvalue weighted by Gasteiger charge is -2.13. The second kappa shape index (κ2) is 8.73. The molecule has 2 heterocycles. The largest absolute Gasteiger partial charge is 0.352 e. The summed E-state index contributed by atoms with van der Waals surface area (Å²) in [5.74, 6) is 0.0437. The quantitative estimate of drug-likeness (QED) is 0.347. The molecule has 4 rings (SSSR count). The number of nitrogens with one attached hydrogen (secondary N) is 1.